The molecule has 2 N–H and O–H groups in total. The molecule has 0 aliphatic rings. The van der Waals surface area contributed by atoms with Crippen LogP contribution in [0, 0.1) is 0 Å². The summed E-state index contributed by atoms with van der Waals surface area (Å²) in [4.78, 5) is 19.1. The Morgan fingerprint density at radius 2 is 2.00 bits per heavy atom. The van der Waals surface area contributed by atoms with E-state index in [-0.39, 0.29) is 0 Å². The maximum atomic E-state index is 11.5. The summed E-state index contributed by atoms with van der Waals surface area (Å²) in [7, 11) is 0. The van der Waals surface area contributed by atoms with Gasteiger partial charge in [-0.2, -0.15) is 0 Å². The number of ether oxygens (including phenoxy) is 1. The first-order valence-corrected chi connectivity index (χ1v) is 6.39. The lowest BCUT2D eigenvalue weighted by molar-refractivity contribution is 0.0522. The van der Waals surface area contributed by atoms with Crippen molar-refractivity contribution in [2.45, 2.75) is 59.6 Å². The summed E-state index contributed by atoms with van der Waals surface area (Å²) in [5.74, 6) is 0.773. The van der Waals surface area contributed by atoms with Gasteiger partial charge in [0.1, 0.15) is 11.4 Å². The van der Waals surface area contributed by atoms with Crippen molar-refractivity contribution in [3.8, 4) is 0 Å². The Hall–Kier alpha value is -1.52. The van der Waals surface area contributed by atoms with E-state index in [1.165, 1.54) is 0 Å². The lowest BCUT2D eigenvalue weighted by atomic mass is 10.2. The summed E-state index contributed by atoms with van der Waals surface area (Å²) in [6.07, 6.45) is 1.39. The minimum atomic E-state index is -0.476. The molecule has 0 fully saturated rings. The second kappa shape index (κ2) is 5.89. The van der Waals surface area contributed by atoms with Crippen molar-refractivity contribution < 1.29 is 9.53 Å². The van der Waals surface area contributed by atoms with Crippen LogP contribution in [0.15, 0.2) is 0 Å². The molecule has 0 radical (unpaired) electrons. The number of aromatic amines is 1. The Balaban J connectivity index is 2.53. The van der Waals surface area contributed by atoms with Crippen molar-refractivity contribution in [2.75, 3.05) is 0 Å². The lowest BCUT2D eigenvalue weighted by Gasteiger charge is -2.19. The van der Waals surface area contributed by atoms with Gasteiger partial charge in [-0.05, 0) is 33.6 Å². The average molecular weight is 253 g/mol. The van der Waals surface area contributed by atoms with Crippen molar-refractivity contribution in [1.82, 2.24) is 15.3 Å². The van der Waals surface area contributed by atoms with Gasteiger partial charge in [-0.3, -0.25) is 0 Å². The van der Waals surface area contributed by atoms with E-state index in [1.807, 2.05) is 20.8 Å². The van der Waals surface area contributed by atoms with E-state index in [0.717, 1.165) is 30.1 Å². The van der Waals surface area contributed by atoms with Gasteiger partial charge in [0.15, 0.2) is 0 Å². The minimum absolute atomic E-state index is 0.363. The molecule has 1 aromatic heterocycles. The van der Waals surface area contributed by atoms with E-state index in [9.17, 15) is 4.79 Å². The van der Waals surface area contributed by atoms with Crippen molar-refractivity contribution in [3.63, 3.8) is 0 Å². The summed E-state index contributed by atoms with van der Waals surface area (Å²) in [6, 6.07) is 0. The minimum Gasteiger partial charge on any atom is -0.444 e. The number of hydrogen-bond acceptors (Lipinski definition) is 3. The van der Waals surface area contributed by atoms with Crippen molar-refractivity contribution >= 4 is 6.09 Å². The molecule has 1 aromatic rings. The van der Waals surface area contributed by atoms with Crippen LogP contribution in [0.2, 0.25) is 0 Å². The number of aromatic nitrogens is 2. The summed E-state index contributed by atoms with van der Waals surface area (Å²) in [5, 5.41) is 2.69. The SMILES string of the molecule is CCc1nc(CNC(=O)OC(C)(C)C)[nH]c1CC. The van der Waals surface area contributed by atoms with Crippen molar-refractivity contribution in [2.24, 2.45) is 0 Å². The van der Waals surface area contributed by atoms with E-state index in [4.69, 9.17) is 4.74 Å². The first-order chi connectivity index (χ1) is 8.35. The fourth-order valence-corrected chi connectivity index (χ4v) is 1.64. The van der Waals surface area contributed by atoms with Crippen LogP contribution in [0.1, 0.15) is 51.8 Å². The summed E-state index contributed by atoms with van der Waals surface area (Å²) < 4.78 is 5.16. The zero-order valence-corrected chi connectivity index (χ0v) is 11.9. The molecule has 1 amide bonds. The van der Waals surface area contributed by atoms with Crippen LogP contribution in [0.5, 0.6) is 0 Å². The van der Waals surface area contributed by atoms with E-state index >= 15 is 0 Å². The number of carbonyl (C=O) groups excluding carboxylic acids is 1. The molecule has 0 saturated heterocycles. The highest BCUT2D eigenvalue weighted by atomic mass is 16.6. The van der Waals surface area contributed by atoms with Gasteiger partial charge in [0, 0.05) is 5.69 Å². The van der Waals surface area contributed by atoms with E-state index in [1.54, 1.807) is 0 Å². The third kappa shape index (κ3) is 4.39. The van der Waals surface area contributed by atoms with E-state index in [2.05, 4.69) is 29.1 Å². The molecule has 1 heterocycles. The van der Waals surface area contributed by atoms with Crippen LogP contribution in [0.4, 0.5) is 4.79 Å². The molecule has 0 spiro atoms. The van der Waals surface area contributed by atoms with Crippen LogP contribution >= 0.6 is 0 Å². The fourth-order valence-electron chi connectivity index (χ4n) is 1.64. The Morgan fingerprint density at radius 3 is 2.44 bits per heavy atom. The first kappa shape index (κ1) is 14.5. The van der Waals surface area contributed by atoms with E-state index < -0.39 is 11.7 Å². The number of imidazole rings is 1. The molecule has 0 bridgehead atoms. The molecule has 1 rings (SSSR count). The van der Waals surface area contributed by atoms with Gasteiger partial charge < -0.3 is 15.0 Å². The Labute approximate surface area is 108 Å². The topological polar surface area (TPSA) is 67.0 Å². The lowest BCUT2D eigenvalue weighted by Crippen LogP contribution is -2.32. The van der Waals surface area contributed by atoms with Gasteiger partial charge in [-0.15, -0.1) is 0 Å². The highest BCUT2D eigenvalue weighted by molar-refractivity contribution is 5.67. The number of carbonyl (C=O) groups is 1. The Bertz CT molecular complexity index is 383. The quantitative estimate of drug-likeness (QED) is 0.866. The number of amides is 1. The van der Waals surface area contributed by atoms with Crippen LogP contribution < -0.4 is 5.32 Å². The molecule has 0 unspecified atom stereocenters. The molecule has 0 saturated carbocycles. The maximum Gasteiger partial charge on any atom is 0.408 e. The summed E-state index contributed by atoms with van der Waals surface area (Å²) in [5.41, 5.74) is 1.73. The number of aryl methyl sites for hydroxylation is 2. The van der Waals surface area contributed by atoms with Gasteiger partial charge in [0.25, 0.3) is 0 Å². The number of H-pyrrole nitrogens is 1. The zero-order valence-electron chi connectivity index (χ0n) is 11.9. The molecule has 0 aromatic carbocycles. The molecular weight excluding hydrogens is 230 g/mol. The van der Waals surface area contributed by atoms with Crippen LogP contribution in [-0.2, 0) is 24.1 Å². The highest BCUT2D eigenvalue weighted by Crippen LogP contribution is 2.09. The molecule has 0 aliphatic carbocycles. The number of nitrogens with one attached hydrogen (secondary N) is 2. The molecule has 102 valence electrons. The van der Waals surface area contributed by atoms with Gasteiger partial charge in [0.2, 0.25) is 0 Å². The first-order valence-electron chi connectivity index (χ1n) is 6.39. The van der Waals surface area contributed by atoms with E-state index in [0.29, 0.717) is 6.54 Å². The Morgan fingerprint density at radius 1 is 1.33 bits per heavy atom. The molecular formula is C13H23N3O2. The third-order valence-corrected chi connectivity index (χ3v) is 2.40. The molecule has 5 heteroatoms. The number of alkyl carbamates (subject to hydrolysis) is 1. The standard InChI is InChI=1S/C13H23N3O2/c1-6-9-10(7-2)16-11(15-9)8-14-12(17)18-13(3,4)5/h6-8H2,1-5H3,(H,14,17)(H,15,16). The van der Waals surface area contributed by atoms with Gasteiger partial charge in [0.05, 0.1) is 12.2 Å². The molecule has 0 aliphatic heterocycles. The van der Waals surface area contributed by atoms with Crippen molar-refractivity contribution in [1.29, 1.82) is 0 Å². The Kier molecular flexibility index (Phi) is 4.76. The summed E-state index contributed by atoms with van der Waals surface area (Å²) >= 11 is 0. The molecule has 0 atom stereocenters. The molecule has 5 nitrogen and oxygen atoms in total. The van der Waals surface area contributed by atoms with Gasteiger partial charge in [-0.25, -0.2) is 9.78 Å². The molecule has 18 heavy (non-hydrogen) atoms. The van der Waals surface area contributed by atoms with Gasteiger partial charge >= 0.3 is 6.09 Å². The second-order valence-corrected chi connectivity index (χ2v) is 5.17. The highest BCUT2D eigenvalue weighted by Gasteiger charge is 2.16. The fraction of sp³-hybridized carbons (Fsp3) is 0.692. The predicted molar refractivity (Wildman–Crippen MR) is 70.4 cm³/mol. The van der Waals surface area contributed by atoms with Crippen LogP contribution in [0.3, 0.4) is 0 Å². The maximum absolute atomic E-state index is 11.5. The summed E-state index contributed by atoms with van der Waals surface area (Å²) in [6.45, 7) is 10.0. The predicted octanol–water partition coefficient (Wildman–Crippen LogP) is 2.56. The normalized spacial score (nSPS) is 11.4. The average Bonchev–Trinajstić information content (AvgIpc) is 2.66. The second-order valence-electron chi connectivity index (χ2n) is 5.17. The van der Waals surface area contributed by atoms with Crippen LogP contribution in [-0.4, -0.2) is 21.7 Å². The largest absolute Gasteiger partial charge is 0.444 e. The van der Waals surface area contributed by atoms with Crippen molar-refractivity contribution in [3.05, 3.63) is 17.2 Å². The zero-order chi connectivity index (χ0) is 13.8. The third-order valence-electron chi connectivity index (χ3n) is 2.40. The number of rotatable bonds is 4. The number of hydrogen-bond donors (Lipinski definition) is 2. The monoisotopic (exact) mass is 253 g/mol. The van der Waals surface area contributed by atoms with Crippen LogP contribution in [0.25, 0.3) is 0 Å². The smallest absolute Gasteiger partial charge is 0.408 e. The van der Waals surface area contributed by atoms with Gasteiger partial charge in [-0.1, -0.05) is 13.8 Å². The number of nitrogens with zero attached hydrogens (tertiary/aromatic N) is 1.